The zero-order valence-electron chi connectivity index (χ0n) is 11.6. The fourth-order valence-electron chi connectivity index (χ4n) is 1.75. The number of rotatable bonds is 5. The highest BCUT2D eigenvalue weighted by Gasteiger charge is 2.31. The van der Waals surface area contributed by atoms with E-state index in [2.05, 4.69) is 15.1 Å². The summed E-state index contributed by atoms with van der Waals surface area (Å²) in [6.45, 7) is -0.446. The lowest BCUT2D eigenvalue weighted by Gasteiger charge is -2.14. The number of amides is 1. The van der Waals surface area contributed by atoms with Gasteiger partial charge in [-0.05, 0) is 28.5 Å². The summed E-state index contributed by atoms with van der Waals surface area (Å²) < 4.78 is 43.2. The number of alkyl halides is 3. The minimum Gasteiger partial charge on any atom is -0.472 e. The van der Waals surface area contributed by atoms with Crippen LogP contribution in [0.15, 0.2) is 40.5 Å². The maximum atomic E-state index is 12.7. The molecule has 0 saturated carbocycles. The standard InChI is InChI=1S/C12H8F3N5O3S/c13-12(14,15)24-9-3-1-2-7(11(21)17-19-16)8(9)6-23-10-4-5-20(22)18-10/h1-5,22H,6H2. The zero-order valence-corrected chi connectivity index (χ0v) is 12.5. The maximum absolute atomic E-state index is 12.7. The number of hydrogen-bond acceptors (Lipinski definition) is 5. The summed E-state index contributed by atoms with van der Waals surface area (Å²) >= 11 is -0.425. The van der Waals surface area contributed by atoms with Gasteiger partial charge in [-0.1, -0.05) is 17.2 Å². The summed E-state index contributed by atoms with van der Waals surface area (Å²) in [5.74, 6) is -1.10. The Hall–Kier alpha value is -2.85. The van der Waals surface area contributed by atoms with Crippen LogP contribution in [0.4, 0.5) is 13.2 Å². The summed E-state index contributed by atoms with van der Waals surface area (Å²) in [5.41, 5.74) is 3.43. The SMILES string of the molecule is [N-]=[N+]=NC(=O)c1cccc(SC(F)(F)F)c1COc1ccn(O)n1. The molecule has 0 aliphatic carbocycles. The van der Waals surface area contributed by atoms with E-state index in [1.54, 1.807) is 0 Å². The molecule has 0 aliphatic heterocycles. The van der Waals surface area contributed by atoms with Gasteiger partial charge in [-0.15, -0.1) is 4.85 Å². The second-order valence-corrected chi connectivity index (χ2v) is 5.29. The third-order valence-corrected chi connectivity index (χ3v) is 3.47. The highest BCUT2D eigenvalue weighted by molar-refractivity contribution is 8.00. The number of carbonyl (C=O) groups excluding carboxylic acids is 1. The second kappa shape index (κ2) is 7.15. The number of aromatic nitrogens is 2. The lowest BCUT2D eigenvalue weighted by molar-refractivity contribution is -0.0328. The van der Waals surface area contributed by atoms with E-state index in [1.165, 1.54) is 18.2 Å². The molecule has 0 spiro atoms. The average Bonchev–Trinajstić information content (AvgIpc) is 2.90. The Morgan fingerprint density at radius 2 is 2.21 bits per heavy atom. The summed E-state index contributed by atoms with van der Waals surface area (Å²) in [6.07, 6.45) is 1.15. The summed E-state index contributed by atoms with van der Waals surface area (Å²) in [4.78, 5) is 14.3. The van der Waals surface area contributed by atoms with Crippen molar-refractivity contribution in [3.05, 3.63) is 52.0 Å². The Kier molecular flexibility index (Phi) is 5.21. The Bertz CT molecular complexity index is 801. The van der Waals surface area contributed by atoms with Crippen LogP contribution in [0.5, 0.6) is 5.88 Å². The first kappa shape index (κ1) is 17.5. The molecule has 0 aliphatic rings. The number of hydrogen-bond donors (Lipinski definition) is 1. The van der Waals surface area contributed by atoms with Gasteiger partial charge in [-0.3, -0.25) is 4.79 Å². The van der Waals surface area contributed by atoms with Crippen molar-refractivity contribution in [2.24, 2.45) is 5.11 Å². The van der Waals surface area contributed by atoms with E-state index in [0.717, 1.165) is 12.3 Å². The Balaban J connectivity index is 2.38. The van der Waals surface area contributed by atoms with Crippen molar-refractivity contribution in [1.29, 1.82) is 0 Å². The van der Waals surface area contributed by atoms with Gasteiger partial charge < -0.3 is 9.94 Å². The van der Waals surface area contributed by atoms with Gasteiger partial charge in [0.05, 0.1) is 6.20 Å². The van der Waals surface area contributed by atoms with Crippen molar-refractivity contribution in [2.45, 2.75) is 17.0 Å². The number of azide groups is 1. The molecule has 0 atom stereocenters. The lowest BCUT2D eigenvalue weighted by Crippen LogP contribution is -2.09. The van der Waals surface area contributed by atoms with Gasteiger partial charge in [-0.2, -0.15) is 13.2 Å². The molecule has 8 nitrogen and oxygen atoms in total. The largest absolute Gasteiger partial charge is 0.472 e. The predicted molar refractivity (Wildman–Crippen MR) is 75.6 cm³/mol. The van der Waals surface area contributed by atoms with Gasteiger partial charge in [0, 0.05) is 27.0 Å². The smallest absolute Gasteiger partial charge is 0.446 e. The van der Waals surface area contributed by atoms with Gasteiger partial charge in [0.25, 0.3) is 0 Å². The van der Waals surface area contributed by atoms with E-state index in [1.807, 2.05) is 0 Å². The van der Waals surface area contributed by atoms with Crippen LogP contribution in [0.25, 0.3) is 10.4 Å². The number of carbonyl (C=O) groups is 1. The summed E-state index contributed by atoms with van der Waals surface area (Å²) in [7, 11) is 0. The van der Waals surface area contributed by atoms with Crippen LogP contribution in [0.2, 0.25) is 0 Å². The van der Waals surface area contributed by atoms with Crippen LogP contribution in [-0.2, 0) is 6.61 Å². The van der Waals surface area contributed by atoms with Crippen LogP contribution in [-0.4, -0.2) is 26.6 Å². The first-order valence-electron chi connectivity index (χ1n) is 6.15. The molecule has 1 N–H and O–H groups in total. The van der Waals surface area contributed by atoms with Crippen molar-refractivity contribution in [2.75, 3.05) is 0 Å². The van der Waals surface area contributed by atoms with Crippen LogP contribution in [0.3, 0.4) is 0 Å². The van der Waals surface area contributed by atoms with Gasteiger partial charge in [-0.25, -0.2) is 0 Å². The maximum Gasteiger partial charge on any atom is 0.446 e. The fraction of sp³-hybridized carbons (Fsp3) is 0.167. The van der Waals surface area contributed by atoms with Gasteiger partial charge in [0.15, 0.2) is 0 Å². The molecule has 2 aromatic rings. The van der Waals surface area contributed by atoms with Gasteiger partial charge in [0.1, 0.15) is 6.61 Å². The van der Waals surface area contributed by atoms with E-state index >= 15 is 0 Å². The Labute approximate surface area is 136 Å². The second-order valence-electron chi connectivity index (χ2n) is 4.19. The van der Waals surface area contributed by atoms with Crippen molar-refractivity contribution < 1.29 is 27.9 Å². The van der Waals surface area contributed by atoms with Gasteiger partial charge >= 0.3 is 5.51 Å². The Morgan fingerprint density at radius 1 is 1.46 bits per heavy atom. The van der Waals surface area contributed by atoms with Crippen molar-refractivity contribution in [3.8, 4) is 5.88 Å². The molecule has 126 valence electrons. The highest BCUT2D eigenvalue weighted by Crippen LogP contribution is 2.39. The summed E-state index contributed by atoms with van der Waals surface area (Å²) in [5, 5.41) is 15.4. The molecule has 0 fully saturated rings. The fourth-order valence-corrected chi connectivity index (χ4v) is 2.44. The van der Waals surface area contributed by atoms with Crippen LogP contribution < -0.4 is 4.74 Å². The van der Waals surface area contributed by atoms with E-state index < -0.39 is 29.8 Å². The summed E-state index contributed by atoms with van der Waals surface area (Å²) in [6, 6.07) is 4.89. The van der Waals surface area contributed by atoms with E-state index in [4.69, 9.17) is 15.5 Å². The number of thioether (sulfide) groups is 1. The number of halogens is 3. The topological polar surface area (TPSA) is 113 Å². The number of ether oxygens (including phenoxy) is 1. The third-order valence-electron chi connectivity index (χ3n) is 2.64. The minimum absolute atomic E-state index is 0.0634. The van der Waals surface area contributed by atoms with Crippen molar-refractivity contribution in [1.82, 2.24) is 9.94 Å². The van der Waals surface area contributed by atoms with E-state index in [0.29, 0.717) is 4.85 Å². The molecular formula is C12H8F3N5O3S. The number of nitrogens with zero attached hydrogens (tertiary/aromatic N) is 5. The first-order chi connectivity index (χ1) is 11.3. The molecule has 0 unspecified atom stereocenters. The molecule has 12 heteroatoms. The average molecular weight is 359 g/mol. The van der Waals surface area contributed by atoms with Crippen molar-refractivity contribution >= 4 is 17.7 Å². The normalized spacial score (nSPS) is 11.0. The van der Waals surface area contributed by atoms with E-state index in [9.17, 15) is 18.0 Å². The minimum atomic E-state index is -4.58. The molecule has 0 saturated heterocycles. The number of benzene rings is 1. The molecule has 1 aromatic carbocycles. The van der Waals surface area contributed by atoms with Crippen LogP contribution in [0.1, 0.15) is 15.9 Å². The molecular weight excluding hydrogens is 351 g/mol. The predicted octanol–water partition coefficient (Wildman–Crippen LogP) is 3.76. The molecule has 24 heavy (non-hydrogen) atoms. The quantitative estimate of drug-likeness (QED) is 0.287. The van der Waals surface area contributed by atoms with Crippen molar-refractivity contribution in [3.63, 3.8) is 0 Å². The van der Waals surface area contributed by atoms with Crippen LogP contribution >= 0.6 is 11.8 Å². The molecule has 1 aromatic heterocycles. The molecule has 0 radical (unpaired) electrons. The highest BCUT2D eigenvalue weighted by atomic mass is 32.2. The molecule has 1 heterocycles. The zero-order chi connectivity index (χ0) is 17.7. The monoisotopic (exact) mass is 359 g/mol. The van der Waals surface area contributed by atoms with Crippen LogP contribution in [0, 0.1) is 0 Å². The molecule has 0 bridgehead atoms. The molecule has 2 rings (SSSR count). The Morgan fingerprint density at radius 3 is 2.79 bits per heavy atom. The lowest BCUT2D eigenvalue weighted by atomic mass is 10.1. The van der Waals surface area contributed by atoms with E-state index in [-0.39, 0.29) is 21.9 Å². The first-order valence-corrected chi connectivity index (χ1v) is 6.96. The molecule has 1 amide bonds. The van der Waals surface area contributed by atoms with Gasteiger partial charge in [0.2, 0.25) is 11.8 Å². The third kappa shape index (κ3) is 4.57.